The molecule has 9 heteroatoms. The number of carbonyl (C=O) groups excluding carboxylic acids is 2. The highest BCUT2D eigenvalue weighted by atomic mass is 79.9. The molecule has 2 amide bonds. The highest BCUT2D eigenvalue weighted by molar-refractivity contribution is 9.10. The Morgan fingerprint density at radius 1 is 1.48 bits per heavy atom. The van der Waals surface area contributed by atoms with Crippen LogP contribution in [-0.2, 0) is 23.1 Å². The molecular weight excluding hydrogens is 395 g/mol. The number of carbonyl (C=O) groups is 2. The first-order valence-corrected chi connectivity index (χ1v) is 8.26. The zero-order valence-electron chi connectivity index (χ0n) is 13.5. The topological polar surface area (TPSA) is 99.2 Å². The number of nitrogens with one attached hydrogen (secondary N) is 1. The van der Waals surface area contributed by atoms with E-state index in [-0.39, 0.29) is 18.9 Å². The van der Waals surface area contributed by atoms with Gasteiger partial charge in [0.25, 0.3) is 5.91 Å². The van der Waals surface area contributed by atoms with E-state index < -0.39 is 23.5 Å². The zero-order chi connectivity index (χ0) is 18.4. The first-order chi connectivity index (χ1) is 11.8. The largest absolute Gasteiger partial charge is 0.481 e. The quantitative estimate of drug-likeness (QED) is 0.679. The van der Waals surface area contributed by atoms with Gasteiger partial charge in [-0.05, 0) is 30.2 Å². The van der Waals surface area contributed by atoms with Crippen molar-refractivity contribution in [1.29, 1.82) is 0 Å². The van der Waals surface area contributed by atoms with Crippen molar-refractivity contribution in [3.8, 4) is 5.75 Å². The lowest BCUT2D eigenvalue weighted by atomic mass is 10.0. The lowest BCUT2D eigenvalue weighted by Gasteiger charge is -2.14. The third-order valence-electron chi connectivity index (χ3n) is 3.44. The Bertz CT molecular complexity index is 766. The first-order valence-electron chi connectivity index (χ1n) is 7.46. The van der Waals surface area contributed by atoms with Gasteiger partial charge < -0.3 is 15.8 Å². The molecule has 0 aliphatic heterocycles. The standard InChI is InChI=1S/C16H18BrFN4O3/c1-22-8-10(6-21-22)4-11(16(19)24)7-20-15(23)9-25-14-3-2-12(17)5-13(14)18/h2-3,5-6,8,11H,4,7,9H2,1H3,(H2,19,24)(H,20,23)/t11-/m1/s1. The van der Waals surface area contributed by atoms with E-state index in [4.69, 9.17) is 10.5 Å². The highest BCUT2D eigenvalue weighted by Gasteiger charge is 2.18. The van der Waals surface area contributed by atoms with Crippen LogP contribution in [0.25, 0.3) is 0 Å². The zero-order valence-corrected chi connectivity index (χ0v) is 15.1. The summed E-state index contributed by atoms with van der Waals surface area (Å²) in [5.41, 5.74) is 6.22. The lowest BCUT2D eigenvalue weighted by molar-refractivity contribution is -0.124. The Balaban J connectivity index is 1.83. The number of aryl methyl sites for hydroxylation is 1. The van der Waals surface area contributed by atoms with E-state index >= 15 is 0 Å². The minimum absolute atomic E-state index is 0.0276. The maximum atomic E-state index is 13.6. The van der Waals surface area contributed by atoms with Gasteiger partial charge >= 0.3 is 0 Å². The van der Waals surface area contributed by atoms with Crippen LogP contribution in [0.5, 0.6) is 5.75 Å². The summed E-state index contributed by atoms with van der Waals surface area (Å²) in [4.78, 5) is 23.4. The average Bonchev–Trinajstić information content (AvgIpc) is 2.95. The molecule has 134 valence electrons. The van der Waals surface area contributed by atoms with Crippen molar-refractivity contribution in [3.63, 3.8) is 0 Å². The molecule has 1 atom stereocenters. The number of nitrogens with zero attached hydrogens (tertiary/aromatic N) is 2. The van der Waals surface area contributed by atoms with Crippen LogP contribution in [0.4, 0.5) is 4.39 Å². The highest BCUT2D eigenvalue weighted by Crippen LogP contribution is 2.21. The summed E-state index contributed by atoms with van der Waals surface area (Å²) >= 11 is 3.13. The molecule has 2 aromatic rings. The molecule has 1 aromatic heterocycles. The van der Waals surface area contributed by atoms with Gasteiger partial charge in [-0.3, -0.25) is 14.3 Å². The van der Waals surface area contributed by atoms with Crippen molar-refractivity contribution in [2.24, 2.45) is 18.7 Å². The van der Waals surface area contributed by atoms with Gasteiger partial charge in [-0.1, -0.05) is 15.9 Å². The molecule has 1 aromatic carbocycles. The second-order valence-corrected chi connectivity index (χ2v) is 6.41. The van der Waals surface area contributed by atoms with E-state index in [2.05, 4.69) is 26.3 Å². The van der Waals surface area contributed by atoms with Gasteiger partial charge in [0.1, 0.15) is 0 Å². The van der Waals surface area contributed by atoms with Crippen molar-refractivity contribution in [1.82, 2.24) is 15.1 Å². The van der Waals surface area contributed by atoms with Crippen molar-refractivity contribution < 1.29 is 18.7 Å². The van der Waals surface area contributed by atoms with Crippen LogP contribution in [0.1, 0.15) is 5.56 Å². The fourth-order valence-electron chi connectivity index (χ4n) is 2.16. The summed E-state index contributed by atoms with van der Waals surface area (Å²) in [6, 6.07) is 4.26. The number of benzene rings is 1. The molecule has 0 radical (unpaired) electrons. The summed E-state index contributed by atoms with van der Waals surface area (Å²) in [5.74, 6) is -2.17. The summed E-state index contributed by atoms with van der Waals surface area (Å²) < 4.78 is 20.9. The summed E-state index contributed by atoms with van der Waals surface area (Å²) in [6.07, 6.45) is 3.78. The van der Waals surface area contributed by atoms with Crippen LogP contribution in [0.2, 0.25) is 0 Å². The van der Waals surface area contributed by atoms with Gasteiger partial charge in [0, 0.05) is 24.3 Å². The molecule has 1 heterocycles. The Labute approximate surface area is 152 Å². The summed E-state index contributed by atoms with van der Waals surface area (Å²) in [5, 5.41) is 6.59. The second kappa shape index (κ2) is 8.61. The van der Waals surface area contributed by atoms with Gasteiger partial charge in [-0.25, -0.2) is 4.39 Å². The fraction of sp³-hybridized carbons (Fsp3) is 0.312. The SMILES string of the molecule is Cn1cc(C[C@H](CNC(=O)COc2ccc(Br)cc2F)C(N)=O)cn1. The van der Waals surface area contributed by atoms with Crippen molar-refractivity contribution >= 4 is 27.7 Å². The van der Waals surface area contributed by atoms with Crippen LogP contribution in [0, 0.1) is 11.7 Å². The average molecular weight is 413 g/mol. The molecular formula is C16H18BrFN4O3. The van der Waals surface area contributed by atoms with Gasteiger partial charge in [0.05, 0.1) is 12.1 Å². The predicted octanol–water partition coefficient (Wildman–Crippen LogP) is 1.16. The summed E-state index contributed by atoms with van der Waals surface area (Å²) in [7, 11) is 1.77. The van der Waals surface area contributed by atoms with Gasteiger partial charge in [-0.15, -0.1) is 0 Å². The molecule has 25 heavy (non-hydrogen) atoms. The van der Waals surface area contributed by atoms with E-state index in [1.165, 1.54) is 12.1 Å². The maximum absolute atomic E-state index is 13.6. The number of halogens is 2. The van der Waals surface area contributed by atoms with E-state index in [0.29, 0.717) is 10.9 Å². The van der Waals surface area contributed by atoms with Crippen LogP contribution < -0.4 is 15.8 Å². The molecule has 3 N–H and O–H groups in total. The Kier molecular flexibility index (Phi) is 6.51. The van der Waals surface area contributed by atoms with E-state index in [1.807, 2.05) is 0 Å². The van der Waals surface area contributed by atoms with E-state index in [9.17, 15) is 14.0 Å². The van der Waals surface area contributed by atoms with Gasteiger partial charge in [-0.2, -0.15) is 5.10 Å². The van der Waals surface area contributed by atoms with Crippen molar-refractivity contribution in [2.45, 2.75) is 6.42 Å². The Morgan fingerprint density at radius 3 is 2.84 bits per heavy atom. The van der Waals surface area contributed by atoms with Crippen LogP contribution in [0.15, 0.2) is 35.1 Å². The van der Waals surface area contributed by atoms with Crippen LogP contribution in [0.3, 0.4) is 0 Å². The molecule has 0 aliphatic carbocycles. The number of hydrogen-bond acceptors (Lipinski definition) is 4. The third kappa shape index (κ3) is 5.86. The van der Waals surface area contributed by atoms with Gasteiger partial charge in [0.15, 0.2) is 18.2 Å². The maximum Gasteiger partial charge on any atom is 0.257 e. The molecule has 0 spiro atoms. The van der Waals surface area contributed by atoms with Crippen LogP contribution >= 0.6 is 15.9 Å². The number of ether oxygens (including phenoxy) is 1. The molecule has 0 bridgehead atoms. The number of rotatable bonds is 8. The lowest BCUT2D eigenvalue weighted by Crippen LogP contribution is -2.39. The molecule has 0 unspecified atom stereocenters. The fourth-order valence-corrected chi connectivity index (χ4v) is 2.49. The second-order valence-electron chi connectivity index (χ2n) is 5.49. The monoisotopic (exact) mass is 412 g/mol. The van der Waals surface area contributed by atoms with Crippen molar-refractivity contribution in [2.75, 3.05) is 13.2 Å². The number of aromatic nitrogens is 2. The number of amides is 2. The van der Waals surface area contributed by atoms with E-state index in [0.717, 1.165) is 5.56 Å². The minimum atomic E-state index is -0.575. The van der Waals surface area contributed by atoms with Gasteiger partial charge in [0.2, 0.25) is 5.91 Å². The number of hydrogen-bond donors (Lipinski definition) is 2. The molecule has 0 aliphatic rings. The molecule has 2 rings (SSSR count). The number of primary amides is 1. The normalized spacial score (nSPS) is 11.8. The van der Waals surface area contributed by atoms with Crippen molar-refractivity contribution in [3.05, 3.63) is 46.4 Å². The third-order valence-corrected chi connectivity index (χ3v) is 3.93. The molecule has 7 nitrogen and oxygen atoms in total. The molecule has 0 saturated heterocycles. The smallest absolute Gasteiger partial charge is 0.257 e. The summed E-state index contributed by atoms with van der Waals surface area (Å²) in [6.45, 7) is -0.299. The Morgan fingerprint density at radius 2 is 2.24 bits per heavy atom. The number of nitrogens with two attached hydrogens (primary N) is 1. The van der Waals surface area contributed by atoms with Crippen LogP contribution in [-0.4, -0.2) is 34.7 Å². The first kappa shape index (κ1) is 18.9. The molecule has 0 fully saturated rings. The minimum Gasteiger partial charge on any atom is -0.481 e. The molecule has 0 saturated carbocycles. The van der Waals surface area contributed by atoms with E-state index in [1.54, 1.807) is 30.2 Å². The Hall–Kier alpha value is -2.42. The predicted molar refractivity (Wildman–Crippen MR) is 92.2 cm³/mol.